The molecule has 0 unspecified atom stereocenters. The van der Waals surface area contributed by atoms with E-state index in [1.807, 2.05) is 13.8 Å². The van der Waals surface area contributed by atoms with Crippen LogP contribution >= 0.6 is 0 Å². The maximum absolute atomic E-state index is 8.24. The van der Waals surface area contributed by atoms with Gasteiger partial charge in [-0.1, -0.05) is 0 Å². The zero-order valence-electron chi connectivity index (χ0n) is 6.50. The number of hydrogen-bond acceptors (Lipinski definition) is 4. The van der Waals surface area contributed by atoms with Crippen molar-refractivity contribution in [2.45, 2.75) is 26.9 Å². The fourth-order valence-electron chi connectivity index (χ4n) is 0.412. The summed E-state index contributed by atoms with van der Waals surface area (Å²) in [5.74, 6) is 0. The average molecular weight is 147 g/mol. The standard InChI is InChI=1S/C6H13NO3/c1-4-9-6(7-8)10-5(2)3/h5,8H,4H2,1-3H3/b7-6+. The van der Waals surface area contributed by atoms with Crippen LogP contribution in [-0.2, 0) is 9.47 Å². The fourth-order valence-corrected chi connectivity index (χ4v) is 0.412. The van der Waals surface area contributed by atoms with Crippen molar-refractivity contribution in [3.8, 4) is 0 Å². The Balaban J connectivity index is 3.62. The van der Waals surface area contributed by atoms with Crippen LogP contribution in [0.2, 0.25) is 0 Å². The Bertz CT molecular complexity index is 112. The van der Waals surface area contributed by atoms with Gasteiger partial charge in [-0.3, -0.25) is 0 Å². The van der Waals surface area contributed by atoms with Gasteiger partial charge < -0.3 is 14.7 Å². The molecular weight excluding hydrogens is 134 g/mol. The van der Waals surface area contributed by atoms with Crippen molar-refractivity contribution >= 4 is 6.08 Å². The van der Waals surface area contributed by atoms with Crippen molar-refractivity contribution in [3.63, 3.8) is 0 Å². The van der Waals surface area contributed by atoms with Crippen LogP contribution in [-0.4, -0.2) is 24.0 Å². The first-order valence-corrected chi connectivity index (χ1v) is 3.22. The molecule has 0 radical (unpaired) electrons. The molecular formula is C6H13NO3. The van der Waals surface area contributed by atoms with Gasteiger partial charge >= 0.3 is 6.08 Å². The van der Waals surface area contributed by atoms with E-state index in [4.69, 9.17) is 14.7 Å². The van der Waals surface area contributed by atoms with Gasteiger partial charge in [0.2, 0.25) is 0 Å². The molecule has 0 saturated heterocycles. The van der Waals surface area contributed by atoms with E-state index >= 15 is 0 Å². The Morgan fingerprint density at radius 3 is 2.50 bits per heavy atom. The lowest BCUT2D eigenvalue weighted by atomic mass is 10.5. The molecule has 0 heterocycles. The van der Waals surface area contributed by atoms with Gasteiger partial charge in [-0.2, -0.15) is 0 Å². The number of nitrogens with zero attached hydrogens (tertiary/aromatic N) is 1. The maximum atomic E-state index is 8.24. The molecule has 0 aromatic carbocycles. The molecule has 0 saturated carbocycles. The van der Waals surface area contributed by atoms with E-state index in [1.165, 1.54) is 0 Å². The number of oxime groups is 1. The highest BCUT2D eigenvalue weighted by atomic mass is 16.7. The van der Waals surface area contributed by atoms with Crippen LogP contribution < -0.4 is 0 Å². The lowest BCUT2D eigenvalue weighted by Crippen LogP contribution is -2.14. The zero-order valence-corrected chi connectivity index (χ0v) is 6.50. The molecule has 0 fully saturated rings. The van der Waals surface area contributed by atoms with Crippen molar-refractivity contribution in [2.24, 2.45) is 5.16 Å². The lowest BCUT2D eigenvalue weighted by molar-refractivity contribution is 0.113. The van der Waals surface area contributed by atoms with Gasteiger partial charge in [-0.15, -0.1) is 0 Å². The van der Waals surface area contributed by atoms with E-state index in [2.05, 4.69) is 5.16 Å². The average Bonchev–Trinajstić information content (AvgIpc) is 1.86. The summed E-state index contributed by atoms with van der Waals surface area (Å²) in [7, 11) is 0. The highest BCUT2D eigenvalue weighted by molar-refractivity contribution is 5.66. The molecule has 0 amide bonds. The summed E-state index contributed by atoms with van der Waals surface area (Å²) in [5.41, 5.74) is 0. The highest BCUT2D eigenvalue weighted by Crippen LogP contribution is 1.91. The minimum absolute atomic E-state index is 0.0301. The third-order valence-corrected chi connectivity index (χ3v) is 0.686. The van der Waals surface area contributed by atoms with E-state index in [-0.39, 0.29) is 12.2 Å². The molecule has 0 bridgehead atoms. The Hall–Kier alpha value is -0.930. The lowest BCUT2D eigenvalue weighted by Gasteiger charge is -2.09. The summed E-state index contributed by atoms with van der Waals surface area (Å²) in [6.07, 6.45) is -0.102. The molecule has 60 valence electrons. The molecule has 0 aliphatic carbocycles. The summed E-state index contributed by atoms with van der Waals surface area (Å²) in [4.78, 5) is 0. The van der Waals surface area contributed by atoms with Crippen molar-refractivity contribution in [1.29, 1.82) is 0 Å². The molecule has 0 aliphatic heterocycles. The molecule has 0 spiro atoms. The molecule has 0 rings (SSSR count). The van der Waals surface area contributed by atoms with Gasteiger partial charge in [-0.05, 0) is 25.9 Å². The van der Waals surface area contributed by atoms with Crippen LogP contribution in [0.3, 0.4) is 0 Å². The summed E-state index contributed by atoms with van der Waals surface area (Å²) in [6, 6.07) is 0. The van der Waals surface area contributed by atoms with Gasteiger partial charge in [0, 0.05) is 0 Å². The number of hydrogen-bond donors (Lipinski definition) is 1. The second-order valence-corrected chi connectivity index (χ2v) is 1.97. The summed E-state index contributed by atoms with van der Waals surface area (Å²) < 4.78 is 9.70. The number of rotatable bonds is 2. The van der Waals surface area contributed by atoms with E-state index in [1.54, 1.807) is 6.92 Å². The first-order valence-electron chi connectivity index (χ1n) is 3.22. The summed E-state index contributed by atoms with van der Waals surface area (Å²) >= 11 is 0. The molecule has 0 aromatic heterocycles. The van der Waals surface area contributed by atoms with Crippen LogP contribution in [0, 0.1) is 0 Å². The molecule has 4 nitrogen and oxygen atoms in total. The third-order valence-electron chi connectivity index (χ3n) is 0.686. The summed E-state index contributed by atoms with van der Waals surface area (Å²) in [6.45, 7) is 5.87. The van der Waals surface area contributed by atoms with Crippen molar-refractivity contribution < 1.29 is 14.7 Å². The molecule has 0 aliphatic rings. The van der Waals surface area contributed by atoms with Crippen LogP contribution in [0.1, 0.15) is 20.8 Å². The SMILES string of the molecule is CCO/C(=N\O)OC(C)C. The predicted octanol–water partition coefficient (Wildman–Crippen LogP) is 1.19. The van der Waals surface area contributed by atoms with Gasteiger partial charge in [0.1, 0.15) is 0 Å². The van der Waals surface area contributed by atoms with Crippen molar-refractivity contribution in [1.82, 2.24) is 0 Å². The predicted molar refractivity (Wildman–Crippen MR) is 37.1 cm³/mol. The second-order valence-electron chi connectivity index (χ2n) is 1.97. The quantitative estimate of drug-likeness (QED) is 0.276. The second kappa shape index (κ2) is 4.90. The molecule has 10 heavy (non-hydrogen) atoms. The smallest absolute Gasteiger partial charge is 0.422 e. The molecule has 0 atom stereocenters. The first kappa shape index (κ1) is 9.07. The van der Waals surface area contributed by atoms with E-state index < -0.39 is 0 Å². The Morgan fingerprint density at radius 1 is 1.60 bits per heavy atom. The molecule has 4 heteroatoms. The van der Waals surface area contributed by atoms with E-state index in [9.17, 15) is 0 Å². The van der Waals surface area contributed by atoms with Gasteiger partial charge in [0.25, 0.3) is 0 Å². The van der Waals surface area contributed by atoms with Gasteiger partial charge in [-0.25, -0.2) is 0 Å². The van der Waals surface area contributed by atoms with Gasteiger partial charge in [0.15, 0.2) is 0 Å². The van der Waals surface area contributed by atoms with Crippen molar-refractivity contribution in [3.05, 3.63) is 0 Å². The van der Waals surface area contributed by atoms with Crippen LogP contribution in [0.4, 0.5) is 0 Å². The topological polar surface area (TPSA) is 51.0 Å². The monoisotopic (exact) mass is 147 g/mol. The number of ether oxygens (including phenoxy) is 2. The zero-order chi connectivity index (χ0) is 7.98. The third kappa shape index (κ3) is 4.00. The van der Waals surface area contributed by atoms with Crippen molar-refractivity contribution in [2.75, 3.05) is 6.61 Å². The first-order chi connectivity index (χ1) is 4.70. The maximum Gasteiger partial charge on any atom is 0.422 e. The van der Waals surface area contributed by atoms with E-state index in [0.29, 0.717) is 6.61 Å². The van der Waals surface area contributed by atoms with Crippen LogP contribution in [0.5, 0.6) is 0 Å². The highest BCUT2D eigenvalue weighted by Gasteiger charge is 2.02. The Morgan fingerprint density at radius 2 is 2.20 bits per heavy atom. The molecule has 0 aromatic rings. The van der Waals surface area contributed by atoms with Gasteiger partial charge in [0.05, 0.1) is 12.7 Å². The normalized spacial score (nSPS) is 11.8. The Labute approximate surface area is 60.4 Å². The van der Waals surface area contributed by atoms with E-state index in [0.717, 1.165) is 0 Å². The van der Waals surface area contributed by atoms with Crippen LogP contribution in [0.25, 0.3) is 0 Å². The fraction of sp³-hybridized carbons (Fsp3) is 0.833. The molecule has 1 N–H and O–H groups in total. The summed E-state index contributed by atoms with van der Waals surface area (Å²) in [5, 5.41) is 11.0. The minimum atomic E-state index is -0.0718. The largest absolute Gasteiger partial charge is 0.449 e. The Kier molecular flexibility index (Phi) is 4.45. The minimum Gasteiger partial charge on any atom is -0.449 e. The van der Waals surface area contributed by atoms with Crippen LogP contribution in [0.15, 0.2) is 5.16 Å².